The Bertz CT molecular complexity index is 401. The summed E-state index contributed by atoms with van der Waals surface area (Å²) in [5, 5.41) is 9.67. The maximum absolute atomic E-state index is 13.7. The van der Waals surface area contributed by atoms with Crippen LogP contribution in [-0.2, 0) is 0 Å². The molecule has 94 valence electrons. The molecule has 0 aliphatic heterocycles. The second-order valence-electron chi connectivity index (χ2n) is 4.32. The molecule has 0 aliphatic carbocycles. The van der Waals surface area contributed by atoms with Crippen LogP contribution in [-0.4, -0.2) is 18.2 Å². The molecule has 1 aromatic carbocycles. The van der Waals surface area contributed by atoms with Crippen molar-refractivity contribution in [2.75, 3.05) is 18.0 Å². The van der Waals surface area contributed by atoms with Crippen molar-refractivity contribution in [3.63, 3.8) is 0 Å². The Morgan fingerprint density at radius 3 is 2.65 bits per heavy atom. The lowest BCUT2D eigenvalue weighted by atomic mass is 10.1. The largest absolute Gasteiger partial charge is 0.389 e. The molecule has 3 heteroatoms. The summed E-state index contributed by atoms with van der Waals surface area (Å²) in [6.07, 6.45) is -0.814. The molecule has 0 bridgehead atoms. The van der Waals surface area contributed by atoms with Crippen LogP contribution in [0.4, 0.5) is 10.1 Å². The van der Waals surface area contributed by atoms with Crippen LogP contribution in [0.1, 0.15) is 32.4 Å². The highest BCUT2D eigenvalue weighted by atomic mass is 19.1. The van der Waals surface area contributed by atoms with Crippen LogP contribution >= 0.6 is 0 Å². The zero-order valence-electron chi connectivity index (χ0n) is 10.7. The first-order chi connectivity index (χ1) is 7.97. The molecule has 0 fully saturated rings. The lowest BCUT2D eigenvalue weighted by molar-refractivity contribution is 0.194. The summed E-state index contributed by atoms with van der Waals surface area (Å²) < 4.78 is 13.7. The van der Waals surface area contributed by atoms with Gasteiger partial charge in [0.1, 0.15) is 5.82 Å². The molecule has 0 saturated heterocycles. The van der Waals surface area contributed by atoms with Crippen molar-refractivity contribution in [1.82, 2.24) is 0 Å². The van der Waals surface area contributed by atoms with Crippen molar-refractivity contribution >= 4 is 5.69 Å². The van der Waals surface area contributed by atoms with Crippen LogP contribution in [0.2, 0.25) is 0 Å². The van der Waals surface area contributed by atoms with Gasteiger partial charge in [0, 0.05) is 24.3 Å². The fraction of sp³-hybridized carbons (Fsp3) is 0.429. The first kappa shape index (κ1) is 13.7. The summed E-state index contributed by atoms with van der Waals surface area (Å²) in [4.78, 5) is 2.01. The maximum Gasteiger partial charge on any atom is 0.131 e. The van der Waals surface area contributed by atoms with E-state index in [9.17, 15) is 9.50 Å². The first-order valence-corrected chi connectivity index (χ1v) is 5.83. The molecule has 0 aliphatic rings. The van der Waals surface area contributed by atoms with E-state index in [-0.39, 0.29) is 5.82 Å². The van der Waals surface area contributed by atoms with Crippen LogP contribution in [0, 0.1) is 5.82 Å². The Labute approximate surface area is 102 Å². The van der Waals surface area contributed by atoms with Crippen LogP contribution in [0.15, 0.2) is 30.4 Å². The van der Waals surface area contributed by atoms with Crippen molar-refractivity contribution in [2.24, 2.45) is 0 Å². The lowest BCUT2D eigenvalue weighted by Gasteiger charge is -2.27. The van der Waals surface area contributed by atoms with Crippen LogP contribution < -0.4 is 4.90 Å². The molecule has 2 nitrogen and oxygen atoms in total. The molecule has 17 heavy (non-hydrogen) atoms. The number of aliphatic hydroxyl groups excluding tert-OH is 1. The average Bonchev–Trinajstić information content (AvgIpc) is 2.24. The van der Waals surface area contributed by atoms with E-state index < -0.39 is 6.10 Å². The van der Waals surface area contributed by atoms with Crippen LogP contribution in [0.25, 0.3) is 0 Å². The Morgan fingerprint density at radius 2 is 2.18 bits per heavy atom. The molecule has 0 unspecified atom stereocenters. The van der Waals surface area contributed by atoms with Crippen molar-refractivity contribution in [3.8, 4) is 0 Å². The number of likely N-dealkylation sites (N-methyl/N-ethyl adjacent to an activating group) is 1. The Balaban J connectivity index is 3.18. The van der Waals surface area contributed by atoms with E-state index in [1.165, 1.54) is 6.07 Å². The Morgan fingerprint density at radius 1 is 1.53 bits per heavy atom. The van der Waals surface area contributed by atoms with E-state index in [4.69, 9.17) is 0 Å². The lowest BCUT2D eigenvalue weighted by Crippen LogP contribution is -2.26. The summed E-state index contributed by atoms with van der Waals surface area (Å²) in [6, 6.07) is 4.87. The topological polar surface area (TPSA) is 23.5 Å². The van der Waals surface area contributed by atoms with Gasteiger partial charge in [-0.1, -0.05) is 18.2 Å². The fourth-order valence-corrected chi connectivity index (χ4v) is 1.91. The molecule has 1 rings (SSSR count). The van der Waals surface area contributed by atoms with Gasteiger partial charge in [-0.2, -0.15) is 0 Å². The smallest absolute Gasteiger partial charge is 0.131 e. The highest BCUT2D eigenvalue weighted by Gasteiger charge is 2.17. The van der Waals surface area contributed by atoms with Gasteiger partial charge < -0.3 is 10.0 Å². The molecule has 0 spiro atoms. The number of aliphatic hydroxyl groups is 1. The molecule has 0 heterocycles. The Kier molecular flexibility index (Phi) is 4.70. The van der Waals surface area contributed by atoms with E-state index in [0.717, 1.165) is 17.8 Å². The van der Waals surface area contributed by atoms with E-state index in [0.29, 0.717) is 12.1 Å². The molecular formula is C14H20FNO. The minimum absolute atomic E-state index is 0.357. The first-order valence-electron chi connectivity index (χ1n) is 5.83. The third-order valence-electron chi connectivity index (χ3n) is 2.63. The number of hydrogen-bond acceptors (Lipinski definition) is 2. The summed E-state index contributed by atoms with van der Waals surface area (Å²) in [6.45, 7) is 10.8. The van der Waals surface area contributed by atoms with Crippen molar-refractivity contribution < 1.29 is 9.50 Å². The van der Waals surface area contributed by atoms with Gasteiger partial charge in [0.05, 0.1) is 6.10 Å². The molecule has 0 amide bonds. The van der Waals surface area contributed by atoms with E-state index in [1.807, 2.05) is 24.8 Å². The zero-order chi connectivity index (χ0) is 13.0. The Hall–Kier alpha value is -1.35. The minimum Gasteiger partial charge on any atom is -0.389 e. The van der Waals surface area contributed by atoms with Crippen LogP contribution in [0.5, 0.6) is 0 Å². The second kappa shape index (κ2) is 5.82. The predicted molar refractivity (Wildman–Crippen MR) is 69.7 cm³/mol. The van der Waals surface area contributed by atoms with E-state index in [2.05, 4.69) is 6.58 Å². The molecule has 0 saturated carbocycles. The number of halogens is 1. The normalized spacial score (nSPS) is 12.3. The highest BCUT2D eigenvalue weighted by molar-refractivity contribution is 5.55. The minimum atomic E-state index is -0.814. The standard InChI is InChI=1S/C14H20FNO/c1-5-16(9-10(2)3)13-8-6-7-12(15)14(13)11(4)17/h6-8,11,17H,2,5,9H2,1,3-4H3/t11-/m0/s1. The molecular weight excluding hydrogens is 217 g/mol. The molecule has 0 radical (unpaired) electrons. The number of nitrogens with zero attached hydrogens (tertiary/aromatic N) is 1. The fourth-order valence-electron chi connectivity index (χ4n) is 1.91. The average molecular weight is 237 g/mol. The van der Waals surface area contributed by atoms with Gasteiger partial charge in [-0.3, -0.25) is 0 Å². The van der Waals surface area contributed by atoms with Gasteiger partial charge in [-0.15, -0.1) is 0 Å². The number of rotatable bonds is 5. The third kappa shape index (κ3) is 3.30. The van der Waals surface area contributed by atoms with E-state index in [1.54, 1.807) is 13.0 Å². The van der Waals surface area contributed by atoms with Gasteiger partial charge in [0.2, 0.25) is 0 Å². The van der Waals surface area contributed by atoms with Gasteiger partial charge in [0.15, 0.2) is 0 Å². The van der Waals surface area contributed by atoms with Gasteiger partial charge >= 0.3 is 0 Å². The summed E-state index contributed by atoms with van der Waals surface area (Å²) in [5.74, 6) is -0.363. The summed E-state index contributed by atoms with van der Waals surface area (Å²) in [5.41, 5.74) is 2.11. The number of hydrogen-bond donors (Lipinski definition) is 1. The van der Waals surface area contributed by atoms with Gasteiger partial charge in [-0.25, -0.2) is 4.39 Å². The van der Waals surface area contributed by atoms with Gasteiger partial charge in [0.25, 0.3) is 0 Å². The highest BCUT2D eigenvalue weighted by Crippen LogP contribution is 2.29. The monoisotopic (exact) mass is 237 g/mol. The SMILES string of the molecule is C=C(C)CN(CC)c1cccc(F)c1[C@H](C)O. The quantitative estimate of drug-likeness (QED) is 0.794. The molecule has 1 atom stereocenters. The molecule has 0 aromatic heterocycles. The van der Waals surface area contributed by atoms with Crippen molar-refractivity contribution in [2.45, 2.75) is 26.9 Å². The second-order valence-corrected chi connectivity index (χ2v) is 4.32. The summed E-state index contributed by atoms with van der Waals surface area (Å²) >= 11 is 0. The number of anilines is 1. The zero-order valence-corrected chi connectivity index (χ0v) is 10.7. The van der Waals surface area contributed by atoms with Crippen LogP contribution in [0.3, 0.4) is 0 Å². The van der Waals surface area contributed by atoms with E-state index >= 15 is 0 Å². The third-order valence-corrected chi connectivity index (χ3v) is 2.63. The molecule has 1 N–H and O–H groups in total. The van der Waals surface area contributed by atoms with Crippen molar-refractivity contribution in [3.05, 3.63) is 41.7 Å². The number of benzene rings is 1. The summed E-state index contributed by atoms with van der Waals surface area (Å²) in [7, 11) is 0. The molecule has 1 aromatic rings. The van der Waals surface area contributed by atoms with Gasteiger partial charge in [-0.05, 0) is 32.9 Å². The van der Waals surface area contributed by atoms with Crippen molar-refractivity contribution in [1.29, 1.82) is 0 Å². The predicted octanol–water partition coefficient (Wildman–Crippen LogP) is 3.28. The maximum atomic E-state index is 13.7.